The van der Waals surface area contributed by atoms with Crippen molar-refractivity contribution in [2.75, 3.05) is 19.8 Å². The maximum absolute atomic E-state index is 5.75. The molecule has 0 aliphatic rings. The minimum absolute atomic E-state index is 0.649. The summed E-state index contributed by atoms with van der Waals surface area (Å²) in [6.45, 7) is 9.63. The summed E-state index contributed by atoms with van der Waals surface area (Å²) in [6.07, 6.45) is 0.989. The SMILES string of the molecule is CCCOc1c(Br)cc(C[NH2+]CC)cc1OCC. The molecule has 0 unspecified atom stereocenters. The van der Waals surface area contributed by atoms with Crippen molar-refractivity contribution < 1.29 is 14.8 Å². The standard InChI is InChI=1S/C14H22BrNO2/c1-4-7-18-14-12(15)8-11(10-16-5-2)9-13(14)17-6-3/h8-9,16H,4-7,10H2,1-3H3/p+1. The van der Waals surface area contributed by atoms with E-state index in [4.69, 9.17) is 9.47 Å². The van der Waals surface area contributed by atoms with Gasteiger partial charge in [0.25, 0.3) is 0 Å². The van der Waals surface area contributed by atoms with Gasteiger partial charge in [-0.2, -0.15) is 0 Å². The fraction of sp³-hybridized carbons (Fsp3) is 0.571. The number of quaternary nitrogens is 1. The van der Waals surface area contributed by atoms with Crippen LogP contribution >= 0.6 is 15.9 Å². The van der Waals surface area contributed by atoms with E-state index in [2.05, 4.69) is 47.2 Å². The van der Waals surface area contributed by atoms with Gasteiger partial charge >= 0.3 is 0 Å². The third kappa shape index (κ3) is 4.50. The van der Waals surface area contributed by atoms with Crippen molar-refractivity contribution in [3.8, 4) is 11.5 Å². The minimum atomic E-state index is 0.649. The van der Waals surface area contributed by atoms with Crippen molar-refractivity contribution in [1.29, 1.82) is 0 Å². The van der Waals surface area contributed by atoms with Gasteiger partial charge in [-0.05, 0) is 48.3 Å². The monoisotopic (exact) mass is 316 g/mol. The second-order valence-corrected chi connectivity index (χ2v) is 4.94. The minimum Gasteiger partial charge on any atom is -0.490 e. The Morgan fingerprint density at radius 2 is 1.94 bits per heavy atom. The Morgan fingerprint density at radius 3 is 2.56 bits per heavy atom. The molecule has 0 aromatic heterocycles. The number of hydrogen-bond donors (Lipinski definition) is 1. The van der Waals surface area contributed by atoms with E-state index in [-0.39, 0.29) is 0 Å². The van der Waals surface area contributed by atoms with Crippen LogP contribution in [0, 0.1) is 0 Å². The number of hydrogen-bond acceptors (Lipinski definition) is 2. The molecule has 18 heavy (non-hydrogen) atoms. The fourth-order valence-electron chi connectivity index (χ4n) is 1.66. The van der Waals surface area contributed by atoms with E-state index in [1.54, 1.807) is 0 Å². The molecule has 102 valence electrons. The zero-order valence-electron chi connectivity index (χ0n) is 11.5. The van der Waals surface area contributed by atoms with E-state index < -0.39 is 0 Å². The largest absolute Gasteiger partial charge is 0.490 e. The van der Waals surface area contributed by atoms with Crippen LogP contribution in [0.5, 0.6) is 11.5 Å². The second-order valence-electron chi connectivity index (χ2n) is 4.09. The van der Waals surface area contributed by atoms with Crippen molar-refractivity contribution in [1.82, 2.24) is 0 Å². The average Bonchev–Trinajstić information content (AvgIpc) is 2.36. The summed E-state index contributed by atoms with van der Waals surface area (Å²) in [5, 5.41) is 2.25. The highest BCUT2D eigenvalue weighted by atomic mass is 79.9. The summed E-state index contributed by atoms with van der Waals surface area (Å²) in [5.74, 6) is 1.65. The lowest BCUT2D eigenvalue weighted by atomic mass is 10.2. The van der Waals surface area contributed by atoms with Crippen LogP contribution < -0.4 is 14.8 Å². The van der Waals surface area contributed by atoms with Crippen LogP contribution in [-0.4, -0.2) is 19.8 Å². The van der Waals surface area contributed by atoms with Gasteiger partial charge in [0, 0.05) is 5.56 Å². The zero-order valence-corrected chi connectivity index (χ0v) is 13.0. The molecule has 0 aliphatic heterocycles. The van der Waals surface area contributed by atoms with E-state index in [0.717, 1.165) is 35.5 Å². The lowest BCUT2D eigenvalue weighted by Crippen LogP contribution is -2.81. The predicted molar refractivity (Wildman–Crippen MR) is 77.3 cm³/mol. The van der Waals surface area contributed by atoms with Gasteiger partial charge in [-0.1, -0.05) is 6.92 Å². The van der Waals surface area contributed by atoms with Crippen LogP contribution in [0.25, 0.3) is 0 Å². The lowest BCUT2D eigenvalue weighted by Gasteiger charge is -2.14. The highest BCUT2D eigenvalue weighted by molar-refractivity contribution is 9.10. The number of rotatable bonds is 8. The summed E-state index contributed by atoms with van der Waals surface area (Å²) in [4.78, 5) is 0. The number of ether oxygens (including phenoxy) is 2. The Kier molecular flexibility index (Phi) is 7.13. The van der Waals surface area contributed by atoms with Crippen molar-refractivity contribution in [2.45, 2.75) is 33.7 Å². The van der Waals surface area contributed by atoms with E-state index in [0.29, 0.717) is 13.2 Å². The lowest BCUT2D eigenvalue weighted by molar-refractivity contribution is -0.667. The van der Waals surface area contributed by atoms with Crippen molar-refractivity contribution in [3.05, 3.63) is 22.2 Å². The molecule has 0 saturated heterocycles. The Labute approximate surface area is 118 Å². The molecule has 1 aromatic rings. The molecule has 0 bridgehead atoms. The summed E-state index contributed by atoms with van der Waals surface area (Å²) < 4.78 is 12.4. The smallest absolute Gasteiger partial charge is 0.175 e. The Morgan fingerprint density at radius 1 is 1.17 bits per heavy atom. The topological polar surface area (TPSA) is 35.1 Å². The van der Waals surface area contributed by atoms with Gasteiger partial charge in [0.15, 0.2) is 11.5 Å². The Balaban J connectivity index is 2.93. The van der Waals surface area contributed by atoms with Crippen LogP contribution in [0.4, 0.5) is 0 Å². The van der Waals surface area contributed by atoms with Crippen LogP contribution in [0.2, 0.25) is 0 Å². The first kappa shape index (κ1) is 15.3. The van der Waals surface area contributed by atoms with Crippen molar-refractivity contribution >= 4 is 15.9 Å². The molecule has 1 aromatic carbocycles. The van der Waals surface area contributed by atoms with Gasteiger partial charge in [0.1, 0.15) is 6.54 Å². The van der Waals surface area contributed by atoms with Crippen molar-refractivity contribution in [3.63, 3.8) is 0 Å². The van der Waals surface area contributed by atoms with Gasteiger partial charge in [0.05, 0.1) is 24.2 Å². The molecule has 0 fully saturated rings. The number of nitrogens with two attached hydrogens (primary N) is 1. The van der Waals surface area contributed by atoms with Crippen LogP contribution in [0.3, 0.4) is 0 Å². The molecule has 0 atom stereocenters. The molecule has 0 spiro atoms. The molecule has 0 radical (unpaired) electrons. The number of halogens is 1. The van der Waals surface area contributed by atoms with Gasteiger partial charge in [0.2, 0.25) is 0 Å². The van der Waals surface area contributed by atoms with Gasteiger partial charge in [-0.15, -0.1) is 0 Å². The van der Waals surface area contributed by atoms with Crippen LogP contribution in [0.1, 0.15) is 32.8 Å². The molecule has 1 rings (SSSR count). The fourth-order valence-corrected chi connectivity index (χ4v) is 2.26. The molecule has 4 heteroatoms. The molecule has 2 N–H and O–H groups in total. The average molecular weight is 317 g/mol. The quantitative estimate of drug-likeness (QED) is 0.800. The molecule has 0 aliphatic carbocycles. The highest BCUT2D eigenvalue weighted by Crippen LogP contribution is 2.36. The Bertz CT molecular complexity index is 369. The van der Waals surface area contributed by atoms with E-state index in [1.165, 1.54) is 5.56 Å². The first-order valence-corrected chi connectivity index (χ1v) is 7.41. The zero-order chi connectivity index (χ0) is 13.4. The van der Waals surface area contributed by atoms with Gasteiger partial charge < -0.3 is 14.8 Å². The van der Waals surface area contributed by atoms with Crippen LogP contribution in [-0.2, 0) is 6.54 Å². The number of benzene rings is 1. The first-order chi connectivity index (χ1) is 8.72. The van der Waals surface area contributed by atoms with Crippen LogP contribution in [0.15, 0.2) is 16.6 Å². The summed E-state index contributed by atoms with van der Waals surface area (Å²) in [6, 6.07) is 4.19. The summed E-state index contributed by atoms with van der Waals surface area (Å²) in [7, 11) is 0. The molecule has 0 heterocycles. The molecule has 3 nitrogen and oxygen atoms in total. The molecule has 0 saturated carbocycles. The van der Waals surface area contributed by atoms with Crippen molar-refractivity contribution in [2.24, 2.45) is 0 Å². The highest BCUT2D eigenvalue weighted by Gasteiger charge is 2.12. The van der Waals surface area contributed by atoms with Gasteiger partial charge in [-0.25, -0.2) is 0 Å². The van der Waals surface area contributed by atoms with E-state index >= 15 is 0 Å². The third-order valence-electron chi connectivity index (χ3n) is 2.49. The first-order valence-electron chi connectivity index (χ1n) is 6.62. The molecule has 0 amide bonds. The normalized spacial score (nSPS) is 10.4. The maximum atomic E-state index is 5.75. The second kappa shape index (κ2) is 8.38. The molecular weight excluding hydrogens is 294 g/mol. The van der Waals surface area contributed by atoms with E-state index in [9.17, 15) is 0 Å². The third-order valence-corrected chi connectivity index (χ3v) is 3.08. The maximum Gasteiger partial charge on any atom is 0.175 e. The van der Waals surface area contributed by atoms with Gasteiger partial charge in [-0.3, -0.25) is 0 Å². The summed E-state index contributed by atoms with van der Waals surface area (Å²) >= 11 is 3.57. The van der Waals surface area contributed by atoms with E-state index in [1.807, 2.05) is 6.92 Å². The summed E-state index contributed by atoms with van der Waals surface area (Å²) in [5.41, 5.74) is 1.25. The molecular formula is C14H23BrNO2+. The Hall–Kier alpha value is -0.740. The predicted octanol–water partition coefficient (Wildman–Crippen LogP) is 2.72.